The normalized spacial score (nSPS) is 32.9. The van der Waals surface area contributed by atoms with Crippen LogP contribution in [0, 0.1) is 11.3 Å². The van der Waals surface area contributed by atoms with Crippen molar-refractivity contribution in [3.8, 4) is 0 Å². The molecule has 3 heteroatoms. The van der Waals surface area contributed by atoms with Gasteiger partial charge in [-0.2, -0.15) is 0 Å². The van der Waals surface area contributed by atoms with Crippen LogP contribution in [0.5, 0.6) is 0 Å². The molecular formula is C16H29NO2. The molecule has 2 rings (SSSR count). The molecule has 0 bridgehead atoms. The van der Waals surface area contributed by atoms with Gasteiger partial charge >= 0.3 is 5.97 Å². The Balaban J connectivity index is 2.08. The van der Waals surface area contributed by atoms with E-state index in [1.807, 2.05) is 0 Å². The summed E-state index contributed by atoms with van der Waals surface area (Å²) >= 11 is 0. The van der Waals surface area contributed by atoms with E-state index < -0.39 is 11.4 Å². The van der Waals surface area contributed by atoms with Gasteiger partial charge in [-0.15, -0.1) is 0 Å². The Kier molecular flexibility index (Phi) is 4.88. The van der Waals surface area contributed by atoms with Crippen LogP contribution in [0.4, 0.5) is 0 Å². The molecule has 0 radical (unpaired) electrons. The van der Waals surface area contributed by atoms with Gasteiger partial charge in [0.1, 0.15) is 0 Å². The van der Waals surface area contributed by atoms with Gasteiger partial charge in [0.05, 0.1) is 5.41 Å². The lowest BCUT2D eigenvalue weighted by Gasteiger charge is -2.41. The van der Waals surface area contributed by atoms with E-state index in [1.165, 1.54) is 32.1 Å². The second-order valence-corrected chi connectivity index (χ2v) is 6.79. The van der Waals surface area contributed by atoms with E-state index in [9.17, 15) is 9.90 Å². The molecule has 0 aromatic heterocycles. The van der Waals surface area contributed by atoms with E-state index in [-0.39, 0.29) is 0 Å². The Labute approximate surface area is 117 Å². The molecule has 2 unspecified atom stereocenters. The topological polar surface area (TPSA) is 40.5 Å². The number of aliphatic carboxylic acids is 1. The van der Waals surface area contributed by atoms with E-state index in [2.05, 4.69) is 18.7 Å². The summed E-state index contributed by atoms with van der Waals surface area (Å²) in [5.74, 6) is 0.00244. The van der Waals surface area contributed by atoms with Gasteiger partial charge in [-0.3, -0.25) is 9.69 Å². The zero-order valence-electron chi connectivity index (χ0n) is 12.5. The molecule has 3 nitrogen and oxygen atoms in total. The van der Waals surface area contributed by atoms with Crippen molar-refractivity contribution in [3.63, 3.8) is 0 Å². The third-order valence-electron chi connectivity index (χ3n) is 5.30. The summed E-state index contributed by atoms with van der Waals surface area (Å²) in [6.45, 7) is 6.16. The lowest BCUT2D eigenvalue weighted by atomic mass is 9.69. The fourth-order valence-corrected chi connectivity index (χ4v) is 4.22. The molecule has 0 amide bonds. The van der Waals surface area contributed by atoms with Gasteiger partial charge in [-0.1, -0.05) is 39.5 Å². The third kappa shape index (κ3) is 3.31. The molecule has 19 heavy (non-hydrogen) atoms. The highest BCUT2D eigenvalue weighted by atomic mass is 16.4. The molecule has 0 aromatic rings. The fraction of sp³-hybridized carbons (Fsp3) is 0.938. The smallest absolute Gasteiger partial charge is 0.310 e. The number of carbonyl (C=O) groups is 1. The van der Waals surface area contributed by atoms with Crippen molar-refractivity contribution < 1.29 is 9.90 Å². The van der Waals surface area contributed by atoms with Crippen molar-refractivity contribution in [3.05, 3.63) is 0 Å². The van der Waals surface area contributed by atoms with Crippen LogP contribution < -0.4 is 0 Å². The maximum atomic E-state index is 11.9. The van der Waals surface area contributed by atoms with Crippen LogP contribution in [0.15, 0.2) is 0 Å². The molecule has 2 aliphatic carbocycles. The molecule has 110 valence electrons. The Hall–Kier alpha value is -0.570. The van der Waals surface area contributed by atoms with Crippen molar-refractivity contribution in [1.29, 1.82) is 0 Å². The van der Waals surface area contributed by atoms with Crippen molar-refractivity contribution in [2.24, 2.45) is 11.3 Å². The Morgan fingerprint density at radius 2 is 1.95 bits per heavy atom. The zero-order chi connectivity index (χ0) is 13.9. The highest BCUT2D eigenvalue weighted by Crippen LogP contribution is 2.41. The Morgan fingerprint density at radius 3 is 2.47 bits per heavy atom. The number of rotatable bonds is 5. The van der Waals surface area contributed by atoms with Crippen molar-refractivity contribution >= 4 is 5.97 Å². The third-order valence-corrected chi connectivity index (χ3v) is 5.30. The first kappa shape index (κ1) is 14.8. The van der Waals surface area contributed by atoms with Crippen molar-refractivity contribution in [1.82, 2.24) is 4.90 Å². The summed E-state index contributed by atoms with van der Waals surface area (Å²) in [6.07, 6.45) is 9.18. The van der Waals surface area contributed by atoms with E-state index in [1.54, 1.807) is 0 Å². The summed E-state index contributed by atoms with van der Waals surface area (Å²) in [7, 11) is 0. The molecule has 2 fully saturated rings. The summed E-state index contributed by atoms with van der Waals surface area (Å²) in [5, 5.41) is 9.77. The molecule has 2 atom stereocenters. The largest absolute Gasteiger partial charge is 0.481 e. The zero-order valence-corrected chi connectivity index (χ0v) is 12.5. The van der Waals surface area contributed by atoms with Crippen LogP contribution in [0.3, 0.4) is 0 Å². The molecule has 2 saturated carbocycles. The minimum absolute atomic E-state index is 0.476. The summed E-state index contributed by atoms with van der Waals surface area (Å²) < 4.78 is 0. The maximum Gasteiger partial charge on any atom is 0.310 e. The van der Waals surface area contributed by atoms with Gasteiger partial charge in [0, 0.05) is 12.6 Å². The quantitative estimate of drug-likeness (QED) is 0.828. The predicted octanol–water partition coefficient (Wildman–Crippen LogP) is 3.53. The first-order valence-corrected chi connectivity index (χ1v) is 8.05. The van der Waals surface area contributed by atoms with Crippen LogP contribution in [0.1, 0.15) is 65.2 Å². The van der Waals surface area contributed by atoms with Crippen LogP contribution in [0.25, 0.3) is 0 Å². The maximum absolute atomic E-state index is 11.9. The van der Waals surface area contributed by atoms with Gasteiger partial charge in [0.15, 0.2) is 0 Å². The second kappa shape index (κ2) is 6.25. The molecular weight excluding hydrogens is 238 g/mol. The highest BCUT2D eigenvalue weighted by Gasteiger charge is 2.43. The average molecular weight is 267 g/mol. The Bertz CT molecular complexity index is 312. The second-order valence-electron chi connectivity index (χ2n) is 6.79. The SMILES string of the molecule is CCN(CC1(C(=O)O)CCCC(C)C1)C1CCCC1. The average Bonchev–Trinajstić information content (AvgIpc) is 2.89. The lowest BCUT2D eigenvalue weighted by Crippen LogP contribution is -2.48. The first-order valence-electron chi connectivity index (χ1n) is 8.05. The van der Waals surface area contributed by atoms with Crippen molar-refractivity contribution in [2.75, 3.05) is 13.1 Å². The standard InChI is InChI=1S/C16H29NO2/c1-3-17(14-8-4-5-9-14)12-16(15(18)19)10-6-7-13(2)11-16/h13-14H,3-12H2,1-2H3,(H,18,19). The molecule has 0 spiro atoms. The van der Waals surface area contributed by atoms with Crippen LogP contribution in [-0.2, 0) is 4.79 Å². The molecule has 2 aliphatic rings. The van der Waals surface area contributed by atoms with Gasteiger partial charge in [0.25, 0.3) is 0 Å². The van der Waals surface area contributed by atoms with Gasteiger partial charge in [0.2, 0.25) is 0 Å². The molecule has 0 aliphatic heterocycles. The number of hydrogen-bond acceptors (Lipinski definition) is 2. The summed E-state index contributed by atoms with van der Waals surface area (Å²) in [6, 6.07) is 0.637. The highest BCUT2D eigenvalue weighted by molar-refractivity contribution is 5.75. The first-order chi connectivity index (χ1) is 9.07. The monoisotopic (exact) mass is 267 g/mol. The molecule has 1 N–H and O–H groups in total. The van der Waals surface area contributed by atoms with E-state index in [4.69, 9.17) is 0 Å². The van der Waals surface area contributed by atoms with Gasteiger partial charge < -0.3 is 5.11 Å². The number of nitrogens with zero attached hydrogens (tertiary/aromatic N) is 1. The summed E-state index contributed by atoms with van der Waals surface area (Å²) in [4.78, 5) is 14.3. The molecule has 0 aromatic carbocycles. The summed E-state index contributed by atoms with van der Waals surface area (Å²) in [5.41, 5.74) is -0.476. The Morgan fingerprint density at radius 1 is 1.26 bits per heavy atom. The van der Waals surface area contributed by atoms with Gasteiger partial charge in [-0.05, 0) is 38.1 Å². The van der Waals surface area contributed by atoms with E-state index in [0.29, 0.717) is 12.0 Å². The number of hydrogen-bond donors (Lipinski definition) is 1. The van der Waals surface area contributed by atoms with E-state index in [0.717, 1.165) is 32.4 Å². The van der Waals surface area contributed by atoms with Gasteiger partial charge in [-0.25, -0.2) is 0 Å². The lowest BCUT2D eigenvalue weighted by molar-refractivity contribution is -0.154. The molecule has 0 saturated heterocycles. The van der Waals surface area contributed by atoms with Crippen molar-refractivity contribution in [2.45, 2.75) is 71.3 Å². The fourth-order valence-electron chi connectivity index (χ4n) is 4.22. The minimum atomic E-state index is -0.560. The van der Waals surface area contributed by atoms with Crippen LogP contribution >= 0.6 is 0 Å². The van der Waals surface area contributed by atoms with Crippen LogP contribution in [-0.4, -0.2) is 35.1 Å². The van der Waals surface area contributed by atoms with E-state index >= 15 is 0 Å². The number of carboxylic acid groups (broad SMARTS) is 1. The number of carboxylic acids is 1. The minimum Gasteiger partial charge on any atom is -0.481 e. The molecule has 0 heterocycles. The van der Waals surface area contributed by atoms with Crippen LogP contribution in [0.2, 0.25) is 0 Å². The predicted molar refractivity (Wildman–Crippen MR) is 77.2 cm³/mol.